The van der Waals surface area contributed by atoms with E-state index < -0.39 is 0 Å². The zero-order valence-electron chi connectivity index (χ0n) is 9.76. The van der Waals surface area contributed by atoms with Gasteiger partial charge in [-0.05, 0) is 31.3 Å². The van der Waals surface area contributed by atoms with Gasteiger partial charge in [0.1, 0.15) is 0 Å². The summed E-state index contributed by atoms with van der Waals surface area (Å²) in [5, 5.41) is 12.5. The Hall–Kier alpha value is -0.770. The van der Waals surface area contributed by atoms with Crippen molar-refractivity contribution in [1.29, 1.82) is 0 Å². The second-order valence-electron chi connectivity index (χ2n) is 3.54. The molecule has 0 aliphatic carbocycles. The first-order chi connectivity index (χ1) is 7.29. The van der Waals surface area contributed by atoms with E-state index in [2.05, 4.69) is 28.8 Å². The molecule has 5 nitrogen and oxygen atoms in total. The van der Waals surface area contributed by atoms with Crippen LogP contribution in [0.5, 0.6) is 0 Å². The Bertz CT molecular complexity index is 188. The highest BCUT2D eigenvalue weighted by atomic mass is 16.3. The standard InChI is InChI=1S/C10H22N4O/c1-3-10(4-2)14(8-9-15)7-5-6-12-13-11/h10,15H,3-9H2,1-2H3. The predicted octanol–water partition coefficient (Wildman–Crippen LogP) is 2.17. The summed E-state index contributed by atoms with van der Waals surface area (Å²) >= 11 is 0. The molecule has 0 bridgehead atoms. The van der Waals surface area contributed by atoms with Crippen molar-refractivity contribution in [3.63, 3.8) is 0 Å². The molecule has 0 radical (unpaired) electrons. The van der Waals surface area contributed by atoms with Crippen LogP contribution in [0, 0.1) is 0 Å². The Labute approximate surface area is 91.7 Å². The summed E-state index contributed by atoms with van der Waals surface area (Å²) in [6.07, 6.45) is 3.05. The Balaban J connectivity index is 3.95. The van der Waals surface area contributed by atoms with Crippen LogP contribution in [-0.2, 0) is 0 Å². The van der Waals surface area contributed by atoms with Gasteiger partial charge in [0, 0.05) is 24.0 Å². The molecule has 0 aliphatic heterocycles. The summed E-state index contributed by atoms with van der Waals surface area (Å²) in [5.74, 6) is 0. The van der Waals surface area contributed by atoms with Gasteiger partial charge in [0.2, 0.25) is 0 Å². The molecule has 0 rings (SSSR count). The van der Waals surface area contributed by atoms with Crippen molar-refractivity contribution < 1.29 is 5.11 Å². The summed E-state index contributed by atoms with van der Waals surface area (Å²) in [6.45, 7) is 6.66. The molecule has 88 valence electrons. The molecule has 0 atom stereocenters. The summed E-state index contributed by atoms with van der Waals surface area (Å²) in [4.78, 5) is 4.99. The van der Waals surface area contributed by atoms with Crippen LogP contribution in [-0.4, -0.2) is 42.3 Å². The van der Waals surface area contributed by atoms with Crippen molar-refractivity contribution in [2.24, 2.45) is 5.11 Å². The van der Waals surface area contributed by atoms with Crippen LogP contribution in [0.15, 0.2) is 5.11 Å². The van der Waals surface area contributed by atoms with E-state index >= 15 is 0 Å². The number of aliphatic hydroxyl groups is 1. The molecule has 0 aromatic heterocycles. The fourth-order valence-electron chi connectivity index (χ4n) is 1.80. The lowest BCUT2D eigenvalue weighted by molar-refractivity contribution is 0.143. The van der Waals surface area contributed by atoms with Crippen molar-refractivity contribution in [1.82, 2.24) is 4.90 Å². The number of nitrogens with zero attached hydrogens (tertiary/aromatic N) is 4. The molecular weight excluding hydrogens is 192 g/mol. The first-order valence-electron chi connectivity index (χ1n) is 5.65. The van der Waals surface area contributed by atoms with Crippen molar-refractivity contribution in [2.75, 3.05) is 26.2 Å². The monoisotopic (exact) mass is 214 g/mol. The molecule has 0 spiro atoms. The van der Waals surface area contributed by atoms with Gasteiger partial charge in [0.15, 0.2) is 0 Å². The third-order valence-corrected chi connectivity index (χ3v) is 2.61. The molecule has 0 unspecified atom stereocenters. The Morgan fingerprint density at radius 1 is 1.33 bits per heavy atom. The number of hydrogen-bond acceptors (Lipinski definition) is 3. The van der Waals surface area contributed by atoms with Gasteiger partial charge in [-0.15, -0.1) is 0 Å². The normalized spacial score (nSPS) is 10.7. The third-order valence-electron chi connectivity index (χ3n) is 2.61. The molecule has 0 aliphatic rings. The van der Waals surface area contributed by atoms with Gasteiger partial charge in [-0.3, -0.25) is 4.90 Å². The van der Waals surface area contributed by atoms with Gasteiger partial charge >= 0.3 is 0 Å². The minimum atomic E-state index is 0.192. The molecule has 5 heteroatoms. The number of aliphatic hydroxyl groups excluding tert-OH is 1. The van der Waals surface area contributed by atoms with Crippen molar-refractivity contribution in [3.05, 3.63) is 10.4 Å². The van der Waals surface area contributed by atoms with E-state index in [0.29, 0.717) is 19.1 Å². The third kappa shape index (κ3) is 6.33. The summed E-state index contributed by atoms with van der Waals surface area (Å²) < 4.78 is 0. The zero-order chi connectivity index (χ0) is 11.5. The van der Waals surface area contributed by atoms with Gasteiger partial charge in [-0.2, -0.15) is 0 Å². The van der Waals surface area contributed by atoms with Gasteiger partial charge < -0.3 is 5.11 Å². The summed E-state index contributed by atoms with van der Waals surface area (Å²) in [7, 11) is 0. The largest absolute Gasteiger partial charge is 0.395 e. The molecule has 0 aromatic carbocycles. The average molecular weight is 214 g/mol. The van der Waals surface area contributed by atoms with E-state index in [-0.39, 0.29) is 6.61 Å². The molecule has 0 amide bonds. The maximum Gasteiger partial charge on any atom is 0.0558 e. The van der Waals surface area contributed by atoms with Crippen molar-refractivity contribution in [2.45, 2.75) is 39.2 Å². The molecule has 0 saturated carbocycles. The van der Waals surface area contributed by atoms with E-state index in [9.17, 15) is 0 Å². The number of azide groups is 1. The van der Waals surface area contributed by atoms with Crippen LogP contribution >= 0.6 is 0 Å². The maximum atomic E-state index is 8.96. The van der Waals surface area contributed by atoms with Crippen LogP contribution < -0.4 is 0 Å². The summed E-state index contributed by atoms with van der Waals surface area (Å²) in [6, 6.07) is 0.531. The zero-order valence-corrected chi connectivity index (χ0v) is 9.76. The van der Waals surface area contributed by atoms with Crippen molar-refractivity contribution >= 4 is 0 Å². The first kappa shape index (κ1) is 14.2. The SMILES string of the molecule is CCC(CC)N(CCO)CCCN=[N+]=[N-]. The maximum absolute atomic E-state index is 8.96. The Morgan fingerprint density at radius 2 is 2.00 bits per heavy atom. The van der Waals surface area contributed by atoms with Crippen LogP contribution in [0.1, 0.15) is 33.1 Å². The van der Waals surface area contributed by atoms with Gasteiger partial charge in [-0.1, -0.05) is 19.0 Å². The molecular formula is C10H22N4O. The van der Waals surface area contributed by atoms with Crippen LogP contribution in [0.4, 0.5) is 0 Å². The second-order valence-corrected chi connectivity index (χ2v) is 3.54. The lowest BCUT2D eigenvalue weighted by atomic mass is 10.1. The lowest BCUT2D eigenvalue weighted by Crippen LogP contribution is -2.37. The van der Waals surface area contributed by atoms with Crippen molar-refractivity contribution in [3.8, 4) is 0 Å². The molecule has 0 saturated heterocycles. The van der Waals surface area contributed by atoms with E-state index in [1.165, 1.54) is 0 Å². The van der Waals surface area contributed by atoms with E-state index in [1.54, 1.807) is 0 Å². The fourth-order valence-corrected chi connectivity index (χ4v) is 1.80. The van der Waals surface area contributed by atoms with Crippen LogP contribution in [0.3, 0.4) is 0 Å². The molecule has 0 fully saturated rings. The van der Waals surface area contributed by atoms with Gasteiger partial charge in [-0.25, -0.2) is 0 Å². The highest BCUT2D eigenvalue weighted by molar-refractivity contribution is 4.69. The average Bonchev–Trinajstić information content (AvgIpc) is 2.26. The van der Waals surface area contributed by atoms with Crippen LogP contribution in [0.25, 0.3) is 10.4 Å². The minimum absolute atomic E-state index is 0.192. The van der Waals surface area contributed by atoms with Gasteiger partial charge in [0.25, 0.3) is 0 Å². The Kier molecular flexibility index (Phi) is 9.27. The Morgan fingerprint density at radius 3 is 2.47 bits per heavy atom. The minimum Gasteiger partial charge on any atom is -0.395 e. The number of rotatable bonds is 9. The van der Waals surface area contributed by atoms with E-state index in [1.807, 2.05) is 0 Å². The first-order valence-corrected chi connectivity index (χ1v) is 5.65. The molecule has 1 N–H and O–H groups in total. The summed E-state index contributed by atoms with van der Waals surface area (Å²) in [5.41, 5.74) is 8.14. The van der Waals surface area contributed by atoms with Crippen LogP contribution in [0.2, 0.25) is 0 Å². The predicted molar refractivity (Wildman–Crippen MR) is 61.7 cm³/mol. The topological polar surface area (TPSA) is 72.2 Å². The quantitative estimate of drug-likeness (QED) is 0.276. The van der Waals surface area contributed by atoms with E-state index in [4.69, 9.17) is 10.6 Å². The highest BCUT2D eigenvalue weighted by Crippen LogP contribution is 2.08. The second kappa shape index (κ2) is 9.77. The number of hydrogen-bond donors (Lipinski definition) is 1. The molecule has 0 aromatic rings. The highest BCUT2D eigenvalue weighted by Gasteiger charge is 2.13. The van der Waals surface area contributed by atoms with Gasteiger partial charge in [0.05, 0.1) is 6.61 Å². The van der Waals surface area contributed by atoms with E-state index in [0.717, 1.165) is 25.8 Å². The molecule has 15 heavy (non-hydrogen) atoms. The lowest BCUT2D eigenvalue weighted by Gasteiger charge is -2.29. The molecule has 0 heterocycles. The fraction of sp³-hybridized carbons (Fsp3) is 1.00. The smallest absolute Gasteiger partial charge is 0.0558 e.